The minimum absolute atomic E-state index is 0.224. The van der Waals surface area contributed by atoms with Gasteiger partial charge >= 0.3 is 6.18 Å². The Morgan fingerprint density at radius 3 is 2.43 bits per heavy atom. The van der Waals surface area contributed by atoms with Crippen molar-refractivity contribution in [1.29, 1.82) is 0 Å². The van der Waals surface area contributed by atoms with Crippen LogP contribution in [-0.4, -0.2) is 15.2 Å². The second kappa shape index (κ2) is 8.13. The fourth-order valence-corrected chi connectivity index (χ4v) is 2.48. The molecule has 0 saturated carbocycles. The average molecular weight is 325 g/mol. The molecule has 1 N–H and O–H groups in total. The highest BCUT2D eigenvalue weighted by Gasteiger charge is 2.33. The number of aryl methyl sites for hydroxylation is 1. The predicted molar refractivity (Wildman–Crippen MR) is 83.9 cm³/mol. The first-order valence-corrected chi connectivity index (χ1v) is 8.08. The topological polar surface area (TPSA) is 41.6 Å². The second-order valence-corrected chi connectivity index (χ2v) is 5.73. The lowest BCUT2D eigenvalue weighted by Gasteiger charge is -2.03. The minimum atomic E-state index is -4.42. The van der Waals surface area contributed by atoms with Crippen LogP contribution in [0.25, 0.3) is 11.4 Å². The highest BCUT2D eigenvalue weighted by Crippen LogP contribution is 2.30. The maximum atomic E-state index is 12.6. The van der Waals surface area contributed by atoms with Gasteiger partial charge in [0.15, 0.2) is 0 Å². The predicted octanol–water partition coefficient (Wildman–Crippen LogP) is 5.39. The largest absolute Gasteiger partial charge is 0.432 e. The van der Waals surface area contributed by atoms with E-state index in [1.807, 2.05) is 17.2 Å². The average Bonchev–Trinajstić information content (AvgIpc) is 3.01. The van der Waals surface area contributed by atoms with Gasteiger partial charge in [0.25, 0.3) is 0 Å². The van der Waals surface area contributed by atoms with Crippen LogP contribution >= 0.6 is 0 Å². The molecule has 0 fully saturated rings. The van der Waals surface area contributed by atoms with Crippen LogP contribution in [0.4, 0.5) is 13.2 Å². The van der Waals surface area contributed by atoms with Gasteiger partial charge in [0.1, 0.15) is 11.4 Å². The maximum Gasteiger partial charge on any atom is 0.432 e. The molecule has 2 aromatic heterocycles. The Kier molecular flexibility index (Phi) is 6.19. The van der Waals surface area contributed by atoms with Gasteiger partial charge in [-0.2, -0.15) is 18.3 Å². The summed E-state index contributed by atoms with van der Waals surface area (Å²) in [6.07, 6.45) is 5.41. The number of nitrogens with zero attached hydrogens (tertiary/aromatic N) is 2. The summed E-state index contributed by atoms with van der Waals surface area (Å²) in [4.78, 5) is 4.12. The number of rotatable bonds is 8. The number of aromatic amines is 1. The number of nitrogens with one attached hydrogen (secondary N) is 1. The molecule has 0 atom stereocenters. The number of aromatic nitrogens is 3. The van der Waals surface area contributed by atoms with Crippen molar-refractivity contribution < 1.29 is 13.2 Å². The van der Waals surface area contributed by atoms with Gasteiger partial charge in [-0.05, 0) is 36.6 Å². The molecule has 2 rings (SSSR count). The summed E-state index contributed by atoms with van der Waals surface area (Å²) in [5.41, 5.74) is 0.931. The van der Waals surface area contributed by atoms with Gasteiger partial charge in [-0.3, -0.25) is 10.1 Å². The van der Waals surface area contributed by atoms with E-state index in [0.717, 1.165) is 24.5 Å². The van der Waals surface area contributed by atoms with Crippen molar-refractivity contribution in [3.63, 3.8) is 0 Å². The van der Waals surface area contributed by atoms with E-state index in [1.165, 1.54) is 32.1 Å². The highest BCUT2D eigenvalue weighted by molar-refractivity contribution is 5.55. The van der Waals surface area contributed by atoms with Crippen molar-refractivity contribution in [3.8, 4) is 11.4 Å². The quantitative estimate of drug-likeness (QED) is 0.661. The van der Waals surface area contributed by atoms with E-state index in [2.05, 4.69) is 17.0 Å². The fourth-order valence-electron chi connectivity index (χ4n) is 2.48. The first-order chi connectivity index (χ1) is 11.0. The van der Waals surface area contributed by atoms with Crippen LogP contribution in [0.3, 0.4) is 0 Å². The van der Waals surface area contributed by atoms with E-state index in [0.29, 0.717) is 5.69 Å². The number of hydrogen-bond donors (Lipinski definition) is 1. The number of H-pyrrole nitrogens is 1. The molecule has 0 aliphatic rings. The standard InChI is InChI=1S/C17H22F3N3/c1-2-3-4-5-6-7-8-13-9-10-21-14(11-13)15-12-16(23-22-15)17(18,19)20/h9-12H,2-8H2,1H3,(H,22,23). The molecule has 3 nitrogen and oxygen atoms in total. The Bertz CT molecular complexity index is 605. The van der Waals surface area contributed by atoms with Crippen LogP contribution in [-0.2, 0) is 12.6 Å². The van der Waals surface area contributed by atoms with Gasteiger partial charge in [0.05, 0.1) is 5.69 Å². The van der Waals surface area contributed by atoms with E-state index < -0.39 is 11.9 Å². The summed E-state index contributed by atoms with van der Waals surface area (Å²) in [6.45, 7) is 2.19. The zero-order valence-corrected chi connectivity index (χ0v) is 13.3. The lowest BCUT2D eigenvalue weighted by atomic mass is 10.0. The van der Waals surface area contributed by atoms with E-state index in [4.69, 9.17) is 0 Å². The molecule has 0 unspecified atom stereocenters. The number of alkyl halides is 3. The molecule has 0 aliphatic heterocycles. The highest BCUT2D eigenvalue weighted by atomic mass is 19.4. The van der Waals surface area contributed by atoms with E-state index in [1.54, 1.807) is 6.20 Å². The Morgan fingerprint density at radius 2 is 1.74 bits per heavy atom. The molecule has 0 saturated heterocycles. The van der Waals surface area contributed by atoms with Crippen LogP contribution in [0.15, 0.2) is 24.4 Å². The number of unbranched alkanes of at least 4 members (excludes halogenated alkanes) is 5. The number of halogens is 3. The van der Waals surface area contributed by atoms with Gasteiger partial charge in [-0.1, -0.05) is 39.0 Å². The van der Waals surface area contributed by atoms with Gasteiger partial charge in [0.2, 0.25) is 0 Å². The third kappa shape index (κ3) is 5.37. The number of hydrogen-bond acceptors (Lipinski definition) is 2. The van der Waals surface area contributed by atoms with Crippen LogP contribution in [0, 0.1) is 0 Å². The maximum absolute atomic E-state index is 12.6. The lowest BCUT2D eigenvalue weighted by molar-refractivity contribution is -0.141. The minimum Gasteiger partial charge on any atom is -0.273 e. The van der Waals surface area contributed by atoms with Gasteiger partial charge in [0, 0.05) is 6.20 Å². The molecule has 0 radical (unpaired) electrons. The van der Waals surface area contributed by atoms with Crippen molar-refractivity contribution in [2.45, 2.75) is 58.0 Å². The molecule has 23 heavy (non-hydrogen) atoms. The molecule has 0 amide bonds. The third-order valence-corrected chi connectivity index (χ3v) is 3.79. The molecule has 2 heterocycles. The third-order valence-electron chi connectivity index (χ3n) is 3.79. The first-order valence-electron chi connectivity index (χ1n) is 8.08. The molecular weight excluding hydrogens is 303 g/mol. The Balaban J connectivity index is 1.93. The second-order valence-electron chi connectivity index (χ2n) is 5.73. The van der Waals surface area contributed by atoms with E-state index in [-0.39, 0.29) is 5.69 Å². The summed E-state index contributed by atoms with van der Waals surface area (Å²) >= 11 is 0. The fraction of sp³-hybridized carbons (Fsp3) is 0.529. The lowest BCUT2D eigenvalue weighted by Crippen LogP contribution is -2.04. The van der Waals surface area contributed by atoms with Crippen molar-refractivity contribution in [3.05, 3.63) is 35.7 Å². The van der Waals surface area contributed by atoms with Crippen LogP contribution < -0.4 is 0 Å². The molecule has 0 bridgehead atoms. The van der Waals surface area contributed by atoms with Gasteiger partial charge < -0.3 is 0 Å². The normalized spacial score (nSPS) is 11.8. The van der Waals surface area contributed by atoms with Crippen molar-refractivity contribution >= 4 is 0 Å². The summed E-state index contributed by atoms with van der Waals surface area (Å²) in [5, 5.41) is 5.74. The monoisotopic (exact) mass is 325 g/mol. The smallest absolute Gasteiger partial charge is 0.273 e. The molecule has 0 aliphatic carbocycles. The van der Waals surface area contributed by atoms with Crippen molar-refractivity contribution in [2.24, 2.45) is 0 Å². The van der Waals surface area contributed by atoms with E-state index in [9.17, 15) is 13.2 Å². The summed E-state index contributed by atoms with van der Waals surface area (Å²) in [6, 6.07) is 4.73. The number of pyridine rings is 1. The van der Waals surface area contributed by atoms with E-state index >= 15 is 0 Å². The molecule has 2 aromatic rings. The first kappa shape index (κ1) is 17.5. The Labute approximate surface area is 134 Å². The molecular formula is C17H22F3N3. The summed E-state index contributed by atoms with van der Waals surface area (Å²) in [5.74, 6) is 0. The van der Waals surface area contributed by atoms with Crippen molar-refractivity contribution in [1.82, 2.24) is 15.2 Å². The van der Waals surface area contributed by atoms with Crippen LogP contribution in [0.1, 0.15) is 56.7 Å². The Morgan fingerprint density at radius 1 is 1.00 bits per heavy atom. The van der Waals surface area contributed by atoms with Gasteiger partial charge in [-0.25, -0.2) is 0 Å². The van der Waals surface area contributed by atoms with Crippen LogP contribution in [0.2, 0.25) is 0 Å². The van der Waals surface area contributed by atoms with Gasteiger partial charge in [-0.15, -0.1) is 0 Å². The zero-order chi connectivity index (χ0) is 16.7. The van der Waals surface area contributed by atoms with Crippen molar-refractivity contribution in [2.75, 3.05) is 0 Å². The Hall–Kier alpha value is -1.85. The SMILES string of the molecule is CCCCCCCCc1ccnc(-c2cc(C(F)(F)F)[nH]n2)c1. The summed E-state index contributed by atoms with van der Waals surface area (Å²) in [7, 11) is 0. The summed E-state index contributed by atoms with van der Waals surface area (Å²) < 4.78 is 37.8. The zero-order valence-electron chi connectivity index (χ0n) is 13.3. The van der Waals surface area contributed by atoms with Crippen LogP contribution in [0.5, 0.6) is 0 Å². The molecule has 126 valence electrons. The molecule has 6 heteroatoms. The molecule has 0 aromatic carbocycles. The molecule has 0 spiro atoms.